The van der Waals surface area contributed by atoms with Crippen molar-refractivity contribution in [3.05, 3.63) is 59.4 Å². The lowest BCUT2D eigenvalue weighted by Crippen LogP contribution is -2.20. The summed E-state index contributed by atoms with van der Waals surface area (Å²) < 4.78 is 7.02. The minimum absolute atomic E-state index is 0.120. The highest BCUT2D eigenvalue weighted by Crippen LogP contribution is 2.20. The molecule has 8 heteroatoms. The van der Waals surface area contributed by atoms with Crippen molar-refractivity contribution in [3.63, 3.8) is 0 Å². The minimum Gasteiger partial charge on any atom is -0.484 e. The van der Waals surface area contributed by atoms with Crippen LogP contribution in [0.3, 0.4) is 0 Å². The van der Waals surface area contributed by atoms with Crippen molar-refractivity contribution in [3.8, 4) is 11.4 Å². The monoisotopic (exact) mass is 343 g/mol. The summed E-state index contributed by atoms with van der Waals surface area (Å²) in [5, 5.41) is 14.3. The number of ether oxygens (including phenoxy) is 1. The van der Waals surface area contributed by atoms with E-state index in [0.29, 0.717) is 16.5 Å². The van der Waals surface area contributed by atoms with Gasteiger partial charge in [0, 0.05) is 16.8 Å². The highest BCUT2D eigenvalue weighted by Gasteiger charge is 2.07. The van der Waals surface area contributed by atoms with Gasteiger partial charge in [0.15, 0.2) is 6.61 Å². The molecule has 0 spiro atoms. The van der Waals surface area contributed by atoms with E-state index >= 15 is 0 Å². The van der Waals surface area contributed by atoms with E-state index in [1.807, 2.05) is 19.1 Å². The quantitative estimate of drug-likeness (QED) is 0.770. The molecule has 0 saturated heterocycles. The number of benzene rings is 2. The summed E-state index contributed by atoms with van der Waals surface area (Å²) in [4.78, 5) is 12.0. The number of carbonyl (C=O) groups excluding carboxylic acids is 1. The van der Waals surface area contributed by atoms with E-state index in [4.69, 9.17) is 16.3 Å². The first-order chi connectivity index (χ1) is 11.6. The molecule has 7 nitrogen and oxygen atoms in total. The molecule has 1 amide bonds. The highest BCUT2D eigenvalue weighted by molar-refractivity contribution is 6.31. The van der Waals surface area contributed by atoms with Crippen LogP contribution in [0, 0.1) is 6.92 Å². The molecule has 0 saturated carbocycles. The van der Waals surface area contributed by atoms with Crippen molar-refractivity contribution in [2.75, 3.05) is 11.9 Å². The maximum absolute atomic E-state index is 12.0. The van der Waals surface area contributed by atoms with E-state index in [-0.39, 0.29) is 12.5 Å². The Balaban J connectivity index is 1.62. The Morgan fingerprint density at radius 3 is 2.96 bits per heavy atom. The summed E-state index contributed by atoms with van der Waals surface area (Å²) in [6.45, 7) is 1.77. The fourth-order valence-corrected chi connectivity index (χ4v) is 2.23. The van der Waals surface area contributed by atoms with Gasteiger partial charge in [0.1, 0.15) is 12.1 Å². The number of nitrogens with zero attached hydrogens (tertiary/aromatic N) is 4. The van der Waals surface area contributed by atoms with Crippen LogP contribution in [0.1, 0.15) is 5.56 Å². The lowest BCUT2D eigenvalue weighted by atomic mass is 10.2. The number of anilines is 1. The topological polar surface area (TPSA) is 81.9 Å². The molecule has 122 valence electrons. The average molecular weight is 344 g/mol. The number of aromatic nitrogens is 4. The molecular weight excluding hydrogens is 330 g/mol. The van der Waals surface area contributed by atoms with Gasteiger partial charge in [-0.2, -0.15) is 0 Å². The zero-order chi connectivity index (χ0) is 16.9. The van der Waals surface area contributed by atoms with Gasteiger partial charge in [0.2, 0.25) is 0 Å². The van der Waals surface area contributed by atoms with E-state index in [1.165, 1.54) is 11.0 Å². The Bertz CT molecular complexity index is 851. The zero-order valence-electron chi connectivity index (χ0n) is 12.8. The number of hydrogen-bond acceptors (Lipinski definition) is 5. The molecule has 0 radical (unpaired) electrons. The molecular formula is C16H14ClN5O2. The first-order valence-electron chi connectivity index (χ1n) is 7.14. The van der Waals surface area contributed by atoms with Gasteiger partial charge in [-0.15, -0.1) is 5.10 Å². The molecule has 0 unspecified atom stereocenters. The second kappa shape index (κ2) is 7.10. The van der Waals surface area contributed by atoms with Crippen LogP contribution < -0.4 is 10.1 Å². The largest absolute Gasteiger partial charge is 0.484 e. The predicted octanol–water partition coefficient (Wildman–Crippen LogP) is 2.64. The van der Waals surface area contributed by atoms with Gasteiger partial charge >= 0.3 is 0 Å². The summed E-state index contributed by atoms with van der Waals surface area (Å²) >= 11 is 5.94. The normalized spacial score (nSPS) is 10.4. The second-order valence-corrected chi connectivity index (χ2v) is 5.48. The van der Waals surface area contributed by atoms with Gasteiger partial charge in [-0.25, -0.2) is 4.68 Å². The zero-order valence-corrected chi connectivity index (χ0v) is 13.6. The van der Waals surface area contributed by atoms with E-state index in [2.05, 4.69) is 20.8 Å². The van der Waals surface area contributed by atoms with Crippen LogP contribution in [-0.2, 0) is 4.79 Å². The highest BCUT2D eigenvalue weighted by atomic mass is 35.5. The minimum atomic E-state index is -0.270. The van der Waals surface area contributed by atoms with Gasteiger partial charge < -0.3 is 10.1 Å². The first kappa shape index (κ1) is 15.9. The Hall–Kier alpha value is -2.93. The summed E-state index contributed by atoms with van der Waals surface area (Å²) in [6.07, 6.45) is 1.48. The number of halogens is 1. The van der Waals surface area contributed by atoms with E-state index in [1.54, 1.807) is 30.3 Å². The fourth-order valence-electron chi connectivity index (χ4n) is 2.06. The van der Waals surface area contributed by atoms with Crippen molar-refractivity contribution < 1.29 is 9.53 Å². The maximum Gasteiger partial charge on any atom is 0.262 e. The van der Waals surface area contributed by atoms with Crippen LogP contribution in [-0.4, -0.2) is 32.7 Å². The lowest BCUT2D eigenvalue weighted by molar-refractivity contribution is -0.118. The third-order valence-corrected chi connectivity index (χ3v) is 3.51. The summed E-state index contributed by atoms with van der Waals surface area (Å²) in [5.41, 5.74) is 2.33. The molecule has 24 heavy (non-hydrogen) atoms. The van der Waals surface area contributed by atoms with Crippen molar-refractivity contribution in [1.82, 2.24) is 20.2 Å². The Kier molecular flexibility index (Phi) is 4.72. The summed E-state index contributed by atoms with van der Waals surface area (Å²) in [7, 11) is 0. The van der Waals surface area contributed by atoms with Crippen molar-refractivity contribution in [2.45, 2.75) is 6.92 Å². The second-order valence-electron chi connectivity index (χ2n) is 5.05. The van der Waals surface area contributed by atoms with Crippen LogP contribution in [0.4, 0.5) is 5.69 Å². The lowest BCUT2D eigenvalue weighted by Gasteiger charge is -2.10. The van der Waals surface area contributed by atoms with Gasteiger partial charge in [-0.3, -0.25) is 4.79 Å². The Labute approximate surface area is 143 Å². The number of carbonyl (C=O) groups is 1. The third kappa shape index (κ3) is 3.88. The number of aryl methyl sites for hydroxylation is 1. The third-order valence-electron chi connectivity index (χ3n) is 3.27. The molecule has 1 aromatic heterocycles. The molecule has 0 fully saturated rings. The van der Waals surface area contributed by atoms with Crippen LogP contribution in [0.15, 0.2) is 48.8 Å². The summed E-state index contributed by atoms with van der Waals surface area (Å²) in [5.74, 6) is 0.272. The SMILES string of the molecule is Cc1ccc(Cl)cc1NC(=O)COc1cccc(-n2cnnn2)c1. The summed E-state index contributed by atoms with van der Waals surface area (Å²) in [6, 6.07) is 12.4. The van der Waals surface area contributed by atoms with Crippen molar-refractivity contribution >= 4 is 23.2 Å². The number of nitrogens with one attached hydrogen (secondary N) is 1. The van der Waals surface area contributed by atoms with Gasteiger partial charge in [-0.05, 0) is 47.2 Å². The van der Waals surface area contributed by atoms with Gasteiger partial charge in [-0.1, -0.05) is 23.7 Å². The Morgan fingerprint density at radius 2 is 2.17 bits per heavy atom. The van der Waals surface area contributed by atoms with Crippen LogP contribution in [0.5, 0.6) is 5.75 Å². The molecule has 0 bridgehead atoms. The molecule has 1 N–H and O–H groups in total. The van der Waals surface area contributed by atoms with Crippen molar-refractivity contribution in [2.24, 2.45) is 0 Å². The fraction of sp³-hybridized carbons (Fsp3) is 0.125. The standard InChI is InChI=1S/C16H14ClN5O2/c1-11-5-6-12(17)7-15(11)19-16(23)9-24-14-4-2-3-13(8-14)22-10-18-20-21-22/h2-8,10H,9H2,1H3,(H,19,23). The molecule has 2 aromatic carbocycles. The van der Waals surface area contributed by atoms with E-state index in [9.17, 15) is 4.79 Å². The Morgan fingerprint density at radius 1 is 1.29 bits per heavy atom. The predicted molar refractivity (Wildman–Crippen MR) is 89.5 cm³/mol. The van der Waals surface area contributed by atoms with E-state index in [0.717, 1.165) is 11.3 Å². The number of tetrazole rings is 1. The number of rotatable bonds is 5. The molecule has 0 aliphatic carbocycles. The van der Waals surface area contributed by atoms with Crippen LogP contribution in [0.25, 0.3) is 5.69 Å². The van der Waals surface area contributed by atoms with E-state index < -0.39 is 0 Å². The number of hydrogen-bond donors (Lipinski definition) is 1. The molecule has 1 heterocycles. The molecule has 0 atom stereocenters. The van der Waals surface area contributed by atoms with Crippen LogP contribution >= 0.6 is 11.6 Å². The van der Waals surface area contributed by atoms with Gasteiger partial charge in [0.25, 0.3) is 5.91 Å². The van der Waals surface area contributed by atoms with Crippen molar-refractivity contribution in [1.29, 1.82) is 0 Å². The average Bonchev–Trinajstić information content (AvgIpc) is 3.11. The molecule has 3 aromatic rings. The number of amides is 1. The first-order valence-corrected chi connectivity index (χ1v) is 7.52. The van der Waals surface area contributed by atoms with Gasteiger partial charge in [0.05, 0.1) is 5.69 Å². The maximum atomic E-state index is 12.0. The smallest absolute Gasteiger partial charge is 0.262 e. The molecule has 3 rings (SSSR count). The van der Waals surface area contributed by atoms with Crippen LogP contribution in [0.2, 0.25) is 5.02 Å². The molecule has 0 aliphatic heterocycles. The molecule has 0 aliphatic rings.